The summed E-state index contributed by atoms with van der Waals surface area (Å²) < 4.78 is 0. The third-order valence-electron chi connectivity index (χ3n) is 0.997. The van der Waals surface area contributed by atoms with E-state index < -0.39 is 5.97 Å². The number of unbranched alkanes of at least 4 members (excludes halogenated alkanes) is 1. The molecule has 52 valence electrons. The van der Waals surface area contributed by atoms with Gasteiger partial charge in [-0.2, -0.15) is 0 Å². The van der Waals surface area contributed by atoms with Crippen LogP contribution in [0.3, 0.4) is 0 Å². The molecule has 0 aromatic rings. The maximum atomic E-state index is 9.94. The van der Waals surface area contributed by atoms with Crippen LogP contribution in [-0.4, -0.2) is 11.1 Å². The second-order valence-electron chi connectivity index (χ2n) is 1.86. The zero-order chi connectivity index (χ0) is 7.11. The molecule has 0 rings (SSSR count). The van der Waals surface area contributed by atoms with Crippen molar-refractivity contribution < 1.29 is 9.90 Å². The Bertz CT molecular complexity index is 105. The Morgan fingerprint density at radius 1 is 1.67 bits per heavy atom. The Kier molecular flexibility index (Phi) is 4.88. The lowest BCUT2D eigenvalue weighted by molar-refractivity contribution is -0.137. The van der Waals surface area contributed by atoms with Gasteiger partial charge < -0.3 is 5.11 Å². The molecule has 0 aliphatic carbocycles. The second-order valence-corrected chi connectivity index (χ2v) is 1.86. The first-order valence-electron chi connectivity index (χ1n) is 3.10. The molecule has 0 atom stereocenters. The van der Waals surface area contributed by atoms with Crippen LogP contribution in [0.25, 0.3) is 0 Å². The lowest BCUT2D eigenvalue weighted by Crippen LogP contribution is -1.92. The molecule has 0 aliphatic heterocycles. The van der Waals surface area contributed by atoms with E-state index in [2.05, 4.69) is 0 Å². The van der Waals surface area contributed by atoms with Gasteiger partial charge in [-0.05, 0) is 19.8 Å². The second kappa shape index (κ2) is 5.35. The summed E-state index contributed by atoms with van der Waals surface area (Å²) >= 11 is 0. The molecule has 0 aromatic carbocycles. The molecule has 0 saturated heterocycles. The standard InChI is InChI=1S/C7H12O2/c1-2-3-4-5-6-7(8)9/h2-3H,4-6H2,1H3,(H,8,9)/b3-2-. The van der Waals surface area contributed by atoms with Crippen molar-refractivity contribution in [1.29, 1.82) is 0 Å². The van der Waals surface area contributed by atoms with E-state index in [1.165, 1.54) is 0 Å². The van der Waals surface area contributed by atoms with Crippen molar-refractivity contribution in [2.45, 2.75) is 26.2 Å². The first-order chi connectivity index (χ1) is 4.27. The van der Waals surface area contributed by atoms with E-state index >= 15 is 0 Å². The minimum Gasteiger partial charge on any atom is -0.481 e. The van der Waals surface area contributed by atoms with Crippen molar-refractivity contribution >= 4 is 5.97 Å². The van der Waals surface area contributed by atoms with Crippen molar-refractivity contribution in [1.82, 2.24) is 0 Å². The Balaban J connectivity index is 3.01. The normalized spacial score (nSPS) is 10.3. The topological polar surface area (TPSA) is 37.3 Å². The van der Waals surface area contributed by atoms with Crippen LogP contribution in [0.15, 0.2) is 12.2 Å². The van der Waals surface area contributed by atoms with Crippen LogP contribution in [0, 0.1) is 0 Å². The van der Waals surface area contributed by atoms with Crippen LogP contribution in [0.5, 0.6) is 0 Å². The third kappa shape index (κ3) is 7.21. The lowest BCUT2D eigenvalue weighted by atomic mass is 10.2. The van der Waals surface area contributed by atoms with Gasteiger partial charge in [0.15, 0.2) is 0 Å². The average molecular weight is 128 g/mol. The maximum Gasteiger partial charge on any atom is 0.303 e. The first kappa shape index (κ1) is 8.21. The number of carbonyl (C=O) groups is 1. The van der Waals surface area contributed by atoms with E-state index in [0.717, 1.165) is 12.8 Å². The zero-order valence-electron chi connectivity index (χ0n) is 5.63. The molecule has 1 N–H and O–H groups in total. The number of carboxylic acid groups (broad SMARTS) is 1. The van der Waals surface area contributed by atoms with Gasteiger partial charge in [-0.3, -0.25) is 4.79 Å². The van der Waals surface area contributed by atoms with E-state index in [-0.39, 0.29) is 6.42 Å². The van der Waals surface area contributed by atoms with Gasteiger partial charge in [0.05, 0.1) is 0 Å². The molecular weight excluding hydrogens is 116 g/mol. The van der Waals surface area contributed by atoms with E-state index in [1.54, 1.807) is 0 Å². The fourth-order valence-corrected chi connectivity index (χ4v) is 0.538. The highest BCUT2D eigenvalue weighted by molar-refractivity contribution is 5.66. The molecule has 0 radical (unpaired) electrons. The van der Waals surface area contributed by atoms with Crippen molar-refractivity contribution in [2.24, 2.45) is 0 Å². The Hall–Kier alpha value is -0.790. The van der Waals surface area contributed by atoms with Gasteiger partial charge >= 0.3 is 5.97 Å². The number of carboxylic acids is 1. The Morgan fingerprint density at radius 3 is 2.78 bits per heavy atom. The highest BCUT2D eigenvalue weighted by Gasteiger charge is 1.92. The molecular formula is C7H12O2. The van der Waals surface area contributed by atoms with Crippen LogP contribution in [-0.2, 0) is 4.79 Å². The molecule has 0 aliphatic rings. The van der Waals surface area contributed by atoms with Gasteiger partial charge in [0, 0.05) is 6.42 Å². The van der Waals surface area contributed by atoms with Crippen LogP contribution < -0.4 is 0 Å². The van der Waals surface area contributed by atoms with Gasteiger partial charge in [-0.1, -0.05) is 12.2 Å². The molecule has 2 heteroatoms. The van der Waals surface area contributed by atoms with E-state index in [1.807, 2.05) is 19.1 Å². The van der Waals surface area contributed by atoms with Crippen molar-refractivity contribution in [3.63, 3.8) is 0 Å². The molecule has 0 saturated carbocycles. The van der Waals surface area contributed by atoms with Gasteiger partial charge in [0.1, 0.15) is 0 Å². The monoisotopic (exact) mass is 128 g/mol. The quantitative estimate of drug-likeness (QED) is 0.463. The maximum absolute atomic E-state index is 9.94. The zero-order valence-corrected chi connectivity index (χ0v) is 5.63. The third-order valence-corrected chi connectivity index (χ3v) is 0.997. The highest BCUT2D eigenvalue weighted by Crippen LogP contribution is 1.95. The van der Waals surface area contributed by atoms with Gasteiger partial charge in [0.2, 0.25) is 0 Å². The van der Waals surface area contributed by atoms with Crippen LogP contribution in [0.1, 0.15) is 26.2 Å². The van der Waals surface area contributed by atoms with Crippen molar-refractivity contribution in [2.75, 3.05) is 0 Å². The van der Waals surface area contributed by atoms with Gasteiger partial charge in [-0.15, -0.1) is 0 Å². The van der Waals surface area contributed by atoms with Gasteiger partial charge in [0.25, 0.3) is 0 Å². The predicted molar refractivity (Wildman–Crippen MR) is 36.3 cm³/mol. The smallest absolute Gasteiger partial charge is 0.303 e. The fourth-order valence-electron chi connectivity index (χ4n) is 0.538. The van der Waals surface area contributed by atoms with Crippen LogP contribution in [0.4, 0.5) is 0 Å². The average Bonchev–Trinajstić information content (AvgIpc) is 1.80. The highest BCUT2D eigenvalue weighted by atomic mass is 16.4. The number of hydrogen-bond acceptors (Lipinski definition) is 1. The summed E-state index contributed by atoms with van der Waals surface area (Å²) in [6, 6.07) is 0. The molecule has 0 unspecified atom stereocenters. The van der Waals surface area contributed by atoms with Gasteiger partial charge in [-0.25, -0.2) is 0 Å². The Morgan fingerprint density at radius 2 is 2.33 bits per heavy atom. The molecule has 9 heavy (non-hydrogen) atoms. The summed E-state index contributed by atoms with van der Waals surface area (Å²) in [5.74, 6) is -0.709. The minimum atomic E-state index is -0.709. The molecule has 0 amide bonds. The number of aliphatic carboxylic acids is 1. The first-order valence-corrected chi connectivity index (χ1v) is 3.10. The molecule has 0 bridgehead atoms. The summed E-state index contributed by atoms with van der Waals surface area (Å²) in [4.78, 5) is 9.94. The van der Waals surface area contributed by atoms with E-state index in [0.29, 0.717) is 0 Å². The summed E-state index contributed by atoms with van der Waals surface area (Å²) in [6.07, 6.45) is 5.82. The summed E-state index contributed by atoms with van der Waals surface area (Å²) in [5, 5.41) is 8.19. The molecule has 2 nitrogen and oxygen atoms in total. The lowest BCUT2D eigenvalue weighted by Gasteiger charge is -1.88. The Labute approximate surface area is 55.2 Å². The fraction of sp³-hybridized carbons (Fsp3) is 0.571. The molecule has 0 fully saturated rings. The predicted octanol–water partition coefficient (Wildman–Crippen LogP) is 1.82. The SMILES string of the molecule is C/C=C\CCCC(=O)O. The van der Waals surface area contributed by atoms with Crippen molar-refractivity contribution in [3.8, 4) is 0 Å². The summed E-state index contributed by atoms with van der Waals surface area (Å²) in [5.41, 5.74) is 0. The summed E-state index contributed by atoms with van der Waals surface area (Å²) in [7, 11) is 0. The van der Waals surface area contributed by atoms with E-state index in [9.17, 15) is 4.79 Å². The van der Waals surface area contributed by atoms with Crippen LogP contribution in [0.2, 0.25) is 0 Å². The number of allylic oxidation sites excluding steroid dienone is 2. The molecule has 0 aromatic heterocycles. The minimum absolute atomic E-state index is 0.282. The van der Waals surface area contributed by atoms with E-state index in [4.69, 9.17) is 5.11 Å². The largest absolute Gasteiger partial charge is 0.481 e. The van der Waals surface area contributed by atoms with Crippen molar-refractivity contribution in [3.05, 3.63) is 12.2 Å². The summed E-state index contributed by atoms with van der Waals surface area (Å²) in [6.45, 7) is 1.93. The van der Waals surface area contributed by atoms with Crippen LogP contribution >= 0.6 is 0 Å². The number of hydrogen-bond donors (Lipinski definition) is 1. The molecule has 0 spiro atoms. The molecule has 0 heterocycles. The number of rotatable bonds is 4.